The van der Waals surface area contributed by atoms with Crippen molar-refractivity contribution < 1.29 is 9.59 Å². The van der Waals surface area contributed by atoms with E-state index in [0.29, 0.717) is 18.0 Å². The third-order valence-corrected chi connectivity index (χ3v) is 4.02. The number of amides is 2. The first kappa shape index (κ1) is 15.8. The molecule has 1 aliphatic rings. The van der Waals surface area contributed by atoms with Crippen LogP contribution in [0, 0.1) is 5.92 Å². The van der Waals surface area contributed by atoms with E-state index in [0.717, 1.165) is 19.5 Å². The minimum absolute atomic E-state index is 0.0571. The summed E-state index contributed by atoms with van der Waals surface area (Å²) < 4.78 is 0. The quantitative estimate of drug-likeness (QED) is 0.779. The highest BCUT2D eigenvalue weighted by atomic mass is 35.5. The standard InChI is InChI=1S/C15H20ClN3O2/c16-13-5-4-11(8-12(13)15(17)21)19-14(20)6-3-10-2-1-7-18-9-10/h4-5,8,10,18H,1-3,6-7,9H2,(H2,17,21)(H,19,20). The van der Waals surface area contributed by atoms with Crippen molar-refractivity contribution in [1.29, 1.82) is 0 Å². The second kappa shape index (κ2) is 7.43. The highest BCUT2D eigenvalue weighted by Crippen LogP contribution is 2.21. The summed E-state index contributed by atoms with van der Waals surface area (Å²) in [5, 5.41) is 6.40. The summed E-state index contributed by atoms with van der Waals surface area (Å²) in [5.41, 5.74) is 5.98. The molecule has 1 aromatic carbocycles. The number of hydrogen-bond donors (Lipinski definition) is 3. The number of hydrogen-bond acceptors (Lipinski definition) is 3. The Morgan fingerprint density at radius 1 is 1.43 bits per heavy atom. The lowest BCUT2D eigenvalue weighted by Gasteiger charge is -2.22. The summed E-state index contributed by atoms with van der Waals surface area (Å²) in [6.45, 7) is 2.06. The molecule has 21 heavy (non-hydrogen) atoms. The molecule has 5 nitrogen and oxygen atoms in total. The highest BCUT2D eigenvalue weighted by molar-refractivity contribution is 6.33. The van der Waals surface area contributed by atoms with Crippen LogP contribution in [-0.4, -0.2) is 24.9 Å². The highest BCUT2D eigenvalue weighted by Gasteiger charge is 2.15. The van der Waals surface area contributed by atoms with Gasteiger partial charge in [0.15, 0.2) is 0 Å². The SMILES string of the molecule is NC(=O)c1cc(NC(=O)CCC2CCCNC2)ccc1Cl. The molecule has 4 N–H and O–H groups in total. The monoisotopic (exact) mass is 309 g/mol. The molecule has 114 valence electrons. The van der Waals surface area contributed by atoms with Crippen molar-refractivity contribution in [2.75, 3.05) is 18.4 Å². The summed E-state index contributed by atoms with van der Waals surface area (Å²) in [4.78, 5) is 23.2. The fourth-order valence-electron chi connectivity index (χ4n) is 2.52. The van der Waals surface area contributed by atoms with E-state index >= 15 is 0 Å². The molecule has 0 aliphatic carbocycles. The maximum absolute atomic E-state index is 11.9. The molecule has 0 radical (unpaired) electrons. The van der Waals surface area contributed by atoms with Crippen LogP contribution in [0.25, 0.3) is 0 Å². The lowest BCUT2D eigenvalue weighted by molar-refractivity contribution is -0.116. The fraction of sp³-hybridized carbons (Fsp3) is 0.467. The number of halogens is 1. The Kier molecular flexibility index (Phi) is 5.59. The molecule has 1 heterocycles. The number of benzene rings is 1. The van der Waals surface area contributed by atoms with Gasteiger partial charge in [0.2, 0.25) is 11.8 Å². The zero-order chi connectivity index (χ0) is 15.2. The summed E-state index contributed by atoms with van der Waals surface area (Å²) in [7, 11) is 0. The van der Waals surface area contributed by atoms with E-state index in [4.69, 9.17) is 17.3 Å². The van der Waals surface area contributed by atoms with Crippen LogP contribution < -0.4 is 16.4 Å². The predicted molar refractivity (Wildman–Crippen MR) is 83.4 cm³/mol. The van der Waals surface area contributed by atoms with Gasteiger partial charge in [-0.25, -0.2) is 0 Å². The molecule has 0 saturated carbocycles. The van der Waals surface area contributed by atoms with Crippen molar-refractivity contribution >= 4 is 29.1 Å². The van der Waals surface area contributed by atoms with Crippen molar-refractivity contribution in [2.45, 2.75) is 25.7 Å². The van der Waals surface area contributed by atoms with E-state index in [1.165, 1.54) is 18.9 Å². The first-order chi connectivity index (χ1) is 10.1. The number of primary amides is 1. The molecule has 6 heteroatoms. The van der Waals surface area contributed by atoms with E-state index < -0.39 is 5.91 Å². The van der Waals surface area contributed by atoms with Gasteiger partial charge in [0.1, 0.15) is 0 Å². The second-order valence-corrected chi connectivity index (χ2v) is 5.77. The van der Waals surface area contributed by atoms with Gasteiger partial charge in [-0.05, 0) is 56.5 Å². The molecule has 2 rings (SSSR count). The lowest BCUT2D eigenvalue weighted by atomic mass is 9.94. The van der Waals surface area contributed by atoms with E-state index in [-0.39, 0.29) is 16.5 Å². The lowest BCUT2D eigenvalue weighted by Crippen LogP contribution is -2.30. The van der Waals surface area contributed by atoms with Crippen LogP contribution in [0.1, 0.15) is 36.0 Å². The predicted octanol–water partition coefficient (Wildman–Crippen LogP) is 2.16. The molecular weight excluding hydrogens is 290 g/mol. The molecule has 0 aromatic heterocycles. The van der Waals surface area contributed by atoms with E-state index in [2.05, 4.69) is 10.6 Å². The Bertz CT molecular complexity index is 528. The second-order valence-electron chi connectivity index (χ2n) is 5.36. The van der Waals surface area contributed by atoms with E-state index in [1.54, 1.807) is 12.1 Å². The van der Waals surface area contributed by atoms with E-state index in [9.17, 15) is 9.59 Å². The molecule has 1 aromatic rings. The number of carbonyl (C=O) groups excluding carboxylic acids is 2. The number of carbonyl (C=O) groups is 2. The molecule has 0 bridgehead atoms. The summed E-state index contributed by atoms with van der Waals surface area (Å²) >= 11 is 5.87. The maximum Gasteiger partial charge on any atom is 0.250 e. The number of nitrogens with one attached hydrogen (secondary N) is 2. The maximum atomic E-state index is 11.9. The van der Waals surface area contributed by atoms with E-state index in [1.807, 2.05) is 0 Å². The van der Waals surface area contributed by atoms with Crippen LogP contribution in [0.4, 0.5) is 5.69 Å². The molecule has 2 amide bonds. The molecule has 0 spiro atoms. The third kappa shape index (κ3) is 4.72. The largest absolute Gasteiger partial charge is 0.366 e. The Labute approximate surface area is 129 Å². The van der Waals surface area contributed by atoms with Gasteiger partial charge in [-0.1, -0.05) is 11.6 Å². The van der Waals surface area contributed by atoms with Crippen molar-refractivity contribution in [3.63, 3.8) is 0 Å². The zero-order valence-corrected chi connectivity index (χ0v) is 12.6. The molecule has 1 unspecified atom stereocenters. The van der Waals surface area contributed by atoms with Crippen LogP contribution in [0.3, 0.4) is 0 Å². The summed E-state index contributed by atoms with van der Waals surface area (Å²) in [5.74, 6) is -0.0985. The third-order valence-electron chi connectivity index (χ3n) is 3.69. The normalized spacial score (nSPS) is 18.2. The molecule has 1 saturated heterocycles. The minimum atomic E-state index is -0.607. The van der Waals surface area contributed by atoms with Crippen molar-refractivity contribution in [3.05, 3.63) is 28.8 Å². The molecular formula is C15H20ClN3O2. The molecule has 1 atom stereocenters. The minimum Gasteiger partial charge on any atom is -0.366 e. The first-order valence-corrected chi connectivity index (χ1v) is 7.54. The van der Waals surface area contributed by atoms with Gasteiger partial charge in [-0.3, -0.25) is 9.59 Å². The van der Waals surface area contributed by atoms with Gasteiger partial charge in [-0.2, -0.15) is 0 Å². The number of nitrogens with two attached hydrogens (primary N) is 1. The fourth-order valence-corrected chi connectivity index (χ4v) is 2.73. The average Bonchev–Trinajstić information content (AvgIpc) is 2.48. The topological polar surface area (TPSA) is 84.2 Å². The zero-order valence-electron chi connectivity index (χ0n) is 11.8. The Hall–Kier alpha value is -1.59. The molecule has 1 fully saturated rings. The van der Waals surface area contributed by atoms with Gasteiger partial charge < -0.3 is 16.4 Å². The van der Waals surface area contributed by atoms with Gasteiger partial charge in [0, 0.05) is 12.1 Å². The van der Waals surface area contributed by atoms with Crippen LogP contribution >= 0.6 is 11.6 Å². The van der Waals surface area contributed by atoms with Crippen LogP contribution in [-0.2, 0) is 4.79 Å². The smallest absolute Gasteiger partial charge is 0.250 e. The van der Waals surface area contributed by atoms with Gasteiger partial charge in [-0.15, -0.1) is 0 Å². The van der Waals surface area contributed by atoms with Gasteiger partial charge >= 0.3 is 0 Å². The first-order valence-electron chi connectivity index (χ1n) is 7.16. The van der Waals surface area contributed by atoms with Crippen LogP contribution in [0.5, 0.6) is 0 Å². The Balaban J connectivity index is 1.87. The van der Waals surface area contributed by atoms with Crippen LogP contribution in [0.2, 0.25) is 5.02 Å². The van der Waals surface area contributed by atoms with Gasteiger partial charge in [0.05, 0.1) is 10.6 Å². The van der Waals surface area contributed by atoms with Crippen molar-refractivity contribution in [2.24, 2.45) is 11.7 Å². The summed E-state index contributed by atoms with van der Waals surface area (Å²) in [6, 6.07) is 4.72. The van der Waals surface area contributed by atoms with Gasteiger partial charge in [0.25, 0.3) is 0 Å². The van der Waals surface area contributed by atoms with Crippen molar-refractivity contribution in [1.82, 2.24) is 5.32 Å². The van der Waals surface area contributed by atoms with Crippen LogP contribution in [0.15, 0.2) is 18.2 Å². The Morgan fingerprint density at radius 3 is 2.90 bits per heavy atom. The number of piperidine rings is 1. The summed E-state index contributed by atoms with van der Waals surface area (Å²) in [6.07, 6.45) is 3.69. The van der Waals surface area contributed by atoms with Crippen molar-refractivity contribution in [3.8, 4) is 0 Å². The number of anilines is 1. The Morgan fingerprint density at radius 2 is 2.24 bits per heavy atom. The average molecular weight is 310 g/mol. The number of rotatable bonds is 5. The molecule has 1 aliphatic heterocycles.